The maximum absolute atomic E-state index is 13.7. The van der Waals surface area contributed by atoms with Gasteiger partial charge in [0.25, 0.3) is 0 Å². The highest BCUT2D eigenvalue weighted by molar-refractivity contribution is 5.99. The second-order valence-electron chi connectivity index (χ2n) is 18.8. The van der Waals surface area contributed by atoms with Crippen molar-refractivity contribution >= 4 is 35.6 Å². The molecule has 5 aromatic rings. The van der Waals surface area contributed by atoms with Gasteiger partial charge in [0.2, 0.25) is 17.7 Å². The molecular weight excluding hydrogens is 849 g/mol. The van der Waals surface area contributed by atoms with E-state index in [0.717, 1.165) is 64.5 Å². The standard InChI is InChI=1S/C52H66N8O7/c1-32(2)45(57-50(64)66-8)48(62)53-29-11-10-14-44-54-31-40(56-44)34-15-17-35(18-16-34)41-27-28-42(60(41)39-25-21-37(22-26-39)52(5,6)7)36-19-23-38(24-20-36)55-47(61)43-13-12-30-59(43)49(63)46(33(3)4)58-51(65)67-9/h15-28,31-33,43,45-46H,10-14,29-30H2,1-9H3,(H,53,62)(H,54,56)(H,55,61)(H,57,64)(H,58,65). The van der Waals surface area contributed by atoms with Crippen molar-refractivity contribution in [1.29, 1.82) is 0 Å². The van der Waals surface area contributed by atoms with Crippen LogP contribution in [0.2, 0.25) is 0 Å². The molecule has 3 unspecified atom stereocenters. The number of benzene rings is 3. The minimum atomic E-state index is -0.810. The van der Waals surface area contributed by atoms with E-state index in [1.165, 1.54) is 19.8 Å². The molecule has 0 spiro atoms. The molecule has 5 N–H and O–H groups in total. The summed E-state index contributed by atoms with van der Waals surface area (Å²) in [4.78, 5) is 73.2. The van der Waals surface area contributed by atoms with Crippen molar-refractivity contribution in [1.82, 2.24) is 35.4 Å². The second-order valence-corrected chi connectivity index (χ2v) is 18.8. The molecule has 15 nitrogen and oxygen atoms in total. The fourth-order valence-electron chi connectivity index (χ4n) is 8.32. The van der Waals surface area contributed by atoms with Crippen LogP contribution in [0.1, 0.15) is 85.5 Å². The molecule has 2 aromatic heterocycles. The van der Waals surface area contributed by atoms with Crippen LogP contribution in [0, 0.1) is 11.8 Å². The Hall–Kier alpha value is -6.90. The SMILES string of the molecule is COC(=O)NC(C(=O)NCCCCc1ncc(-c2ccc(-c3ccc(-c4ccc(NC(=O)C5CCCN5C(=O)C(NC(=O)OC)C(C)C)cc4)n3-c3ccc(C(C)(C)C)cc3)cc2)[nH]1)C(C)C. The van der Waals surface area contributed by atoms with Crippen LogP contribution in [0.25, 0.3) is 39.5 Å². The lowest BCUT2D eigenvalue weighted by atomic mass is 9.87. The van der Waals surface area contributed by atoms with Crippen LogP contribution in [0.5, 0.6) is 0 Å². The Morgan fingerprint density at radius 1 is 0.746 bits per heavy atom. The molecule has 5 amide bonds. The van der Waals surface area contributed by atoms with E-state index in [9.17, 15) is 24.0 Å². The van der Waals surface area contributed by atoms with Gasteiger partial charge in [0, 0.05) is 30.9 Å². The van der Waals surface area contributed by atoms with Crippen molar-refractivity contribution in [3.63, 3.8) is 0 Å². The maximum Gasteiger partial charge on any atom is 0.407 e. The molecule has 6 rings (SSSR count). The normalized spacial score (nSPS) is 14.7. The first-order chi connectivity index (χ1) is 32.0. The number of alkyl carbamates (subject to hydrolysis) is 2. The second kappa shape index (κ2) is 22.1. The number of imidazole rings is 1. The minimum Gasteiger partial charge on any atom is -0.453 e. The number of hydrogen-bond donors (Lipinski definition) is 5. The van der Waals surface area contributed by atoms with Gasteiger partial charge in [0.05, 0.1) is 37.5 Å². The van der Waals surface area contributed by atoms with Crippen LogP contribution >= 0.6 is 0 Å². The number of methoxy groups -OCH3 is 2. The summed E-state index contributed by atoms with van der Waals surface area (Å²) >= 11 is 0. The zero-order valence-corrected chi connectivity index (χ0v) is 40.2. The number of nitrogens with one attached hydrogen (secondary N) is 5. The van der Waals surface area contributed by atoms with Gasteiger partial charge < -0.3 is 45.2 Å². The van der Waals surface area contributed by atoms with Crippen LogP contribution in [-0.4, -0.2) is 94.8 Å². The number of amides is 5. The largest absolute Gasteiger partial charge is 0.453 e. The average Bonchev–Trinajstić information content (AvgIpc) is 4.10. The number of rotatable bonds is 17. The summed E-state index contributed by atoms with van der Waals surface area (Å²) in [7, 11) is 2.53. The maximum atomic E-state index is 13.7. The number of anilines is 1. The Morgan fingerprint density at radius 3 is 1.88 bits per heavy atom. The molecule has 0 aliphatic carbocycles. The monoisotopic (exact) mass is 915 g/mol. The van der Waals surface area contributed by atoms with Crippen molar-refractivity contribution in [2.75, 3.05) is 32.6 Å². The fraction of sp³-hybridized carbons (Fsp3) is 0.423. The summed E-state index contributed by atoms with van der Waals surface area (Å²) in [6, 6.07) is 26.9. The molecule has 1 aliphatic heterocycles. The summed E-state index contributed by atoms with van der Waals surface area (Å²) in [6.45, 7) is 14.9. The van der Waals surface area contributed by atoms with Crippen LogP contribution in [0.4, 0.5) is 15.3 Å². The summed E-state index contributed by atoms with van der Waals surface area (Å²) in [5, 5.41) is 11.2. The molecule has 3 heterocycles. The number of carbonyl (C=O) groups is 5. The Morgan fingerprint density at radius 2 is 1.31 bits per heavy atom. The van der Waals surface area contributed by atoms with Crippen molar-refractivity contribution in [2.24, 2.45) is 11.8 Å². The predicted octanol–water partition coefficient (Wildman–Crippen LogP) is 8.63. The number of unbranched alkanes of at least 4 members (excludes halogenated alkanes) is 1. The Kier molecular flexibility index (Phi) is 16.3. The first kappa shape index (κ1) is 49.5. The lowest BCUT2D eigenvalue weighted by Crippen LogP contribution is -2.54. The van der Waals surface area contributed by atoms with Crippen molar-refractivity contribution in [3.8, 4) is 39.5 Å². The van der Waals surface area contributed by atoms with Gasteiger partial charge in [-0.05, 0) is 102 Å². The molecule has 1 fully saturated rings. The number of likely N-dealkylation sites (tertiary alicyclic amines) is 1. The molecule has 1 saturated heterocycles. The molecule has 0 bridgehead atoms. The summed E-state index contributed by atoms with van der Waals surface area (Å²) < 4.78 is 11.7. The number of carbonyl (C=O) groups excluding carboxylic acids is 5. The number of nitrogens with zero attached hydrogens (tertiary/aromatic N) is 3. The highest BCUT2D eigenvalue weighted by Crippen LogP contribution is 2.35. The zero-order valence-electron chi connectivity index (χ0n) is 40.2. The van der Waals surface area contributed by atoms with Gasteiger partial charge in [0.1, 0.15) is 23.9 Å². The van der Waals surface area contributed by atoms with Crippen molar-refractivity contribution in [2.45, 2.75) is 104 Å². The molecule has 356 valence electrons. The van der Waals surface area contributed by atoms with Gasteiger partial charge >= 0.3 is 12.2 Å². The minimum absolute atomic E-state index is 0.0109. The van der Waals surface area contributed by atoms with E-state index >= 15 is 0 Å². The molecule has 15 heteroatoms. The first-order valence-electron chi connectivity index (χ1n) is 23.1. The molecule has 3 aromatic carbocycles. The molecule has 0 saturated carbocycles. The highest BCUT2D eigenvalue weighted by atomic mass is 16.5. The van der Waals surface area contributed by atoms with Crippen LogP contribution in [0.15, 0.2) is 91.1 Å². The van der Waals surface area contributed by atoms with Crippen LogP contribution in [0.3, 0.4) is 0 Å². The number of aryl methyl sites for hydroxylation is 1. The number of ether oxygens (including phenoxy) is 2. The average molecular weight is 915 g/mol. The van der Waals surface area contributed by atoms with Gasteiger partial charge in [-0.1, -0.05) is 97.0 Å². The third-order valence-corrected chi connectivity index (χ3v) is 12.2. The fourth-order valence-corrected chi connectivity index (χ4v) is 8.32. The molecule has 3 atom stereocenters. The summed E-state index contributed by atoms with van der Waals surface area (Å²) in [6.07, 6.45) is 4.02. The number of aromatic nitrogens is 3. The summed E-state index contributed by atoms with van der Waals surface area (Å²) in [5.74, 6) is -0.232. The van der Waals surface area contributed by atoms with Gasteiger partial charge in [-0.2, -0.15) is 0 Å². The van der Waals surface area contributed by atoms with Crippen molar-refractivity contribution in [3.05, 3.63) is 103 Å². The number of aromatic amines is 1. The number of H-pyrrole nitrogens is 1. The lowest BCUT2D eigenvalue weighted by molar-refractivity contribution is -0.139. The molecule has 0 radical (unpaired) electrons. The third-order valence-electron chi connectivity index (χ3n) is 12.2. The lowest BCUT2D eigenvalue weighted by Gasteiger charge is -2.30. The zero-order chi connectivity index (χ0) is 48.4. The Balaban J connectivity index is 1.15. The van der Waals surface area contributed by atoms with E-state index < -0.39 is 30.3 Å². The van der Waals surface area contributed by atoms with Gasteiger partial charge in [-0.15, -0.1) is 0 Å². The smallest absolute Gasteiger partial charge is 0.407 e. The quantitative estimate of drug-likeness (QED) is 0.0573. The molecular formula is C52H66N8O7. The Bertz CT molecular complexity index is 2480. The summed E-state index contributed by atoms with van der Waals surface area (Å²) in [5.41, 5.74) is 8.71. The van der Waals surface area contributed by atoms with E-state index in [4.69, 9.17) is 4.74 Å². The van der Waals surface area contributed by atoms with E-state index in [0.29, 0.717) is 31.6 Å². The highest BCUT2D eigenvalue weighted by Gasteiger charge is 2.39. The van der Waals surface area contributed by atoms with Gasteiger partial charge in [-0.3, -0.25) is 14.4 Å². The van der Waals surface area contributed by atoms with E-state index in [1.54, 1.807) is 4.90 Å². The van der Waals surface area contributed by atoms with E-state index in [1.807, 2.05) is 58.2 Å². The van der Waals surface area contributed by atoms with Crippen LogP contribution in [-0.2, 0) is 35.7 Å². The van der Waals surface area contributed by atoms with Gasteiger partial charge in [-0.25, -0.2) is 14.6 Å². The van der Waals surface area contributed by atoms with E-state index in [2.05, 4.69) is 122 Å². The molecule has 1 aliphatic rings. The number of hydrogen-bond acceptors (Lipinski definition) is 8. The van der Waals surface area contributed by atoms with Crippen molar-refractivity contribution < 1.29 is 33.4 Å². The topological polar surface area (TPSA) is 189 Å². The Labute approximate surface area is 393 Å². The molecule has 67 heavy (non-hydrogen) atoms. The third kappa shape index (κ3) is 12.3. The van der Waals surface area contributed by atoms with Gasteiger partial charge in [0.15, 0.2) is 0 Å². The van der Waals surface area contributed by atoms with E-state index in [-0.39, 0.29) is 35.0 Å². The predicted molar refractivity (Wildman–Crippen MR) is 261 cm³/mol. The first-order valence-corrected chi connectivity index (χ1v) is 23.1. The van der Waals surface area contributed by atoms with Crippen LogP contribution < -0.4 is 21.3 Å².